The molecule has 37 heavy (non-hydrogen) atoms. The van der Waals surface area contributed by atoms with Crippen LogP contribution in [0.3, 0.4) is 0 Å². The molecule has 10 heteroatoms. The van der Waals surface area contributed by atoms with E-state index in [4.69, 9.17) is 9.84 Å². The van der Waals surface area contributed by atoms with E-state index in [0.717, 1.165) is 9.78 Å². The molecule has 0 spiro atoms. The van der Waals surface area contributed by atoms with Crippen LogP contribution in [0, 0.1) is 12.7 Å². The number of carbonyl (C=O) groups is 3. The first-order valence-corrected chi connectivity index (χ1v) is 12.8. The molecule has 2 heterocycles. The third-order valence-corrected chi connectivity index (χ3v) is 6.41. The smallest absolute Gasteiger partial charge is 0.325 e. The Hall–Kier alpha value is -3.76. The van der Waals surface area contributed by atoms with Crippen LogP contribution in [0.2, 0.25) is 0 Å². The molecule has 0 aliphatic carbocycles. The number of benzene rings is 2. The summed E-state index contributed by atoms with van der Waals surface area (Å²) in [6, 6.07) is 11.7. The maximum absolute atomic E-state index is 14.4. The number of halogens is 1. The number of thiophene rings is 1. The Labute approximate surface area is 219 Å². The quantitative estimate of drug-likeness (QED) is 0.357. The predicted octanol–water partition coefficient (Wildman–Crippen LogP) is 4.44. The van der Waals surface area contributed by atoms with Crippen LogP contribution in [-0.2, 0) is 16.0 Å². The van der Waals surface area contributed by atoms with Gasteiger partial charge in [0.1, 0.15) is 30.3 Å². The van der Waals surface area contributed by atoms with E-state index in [0.29, 0.717) is 16.9 Å². The average Bonchev–Trinajstić information content (AvgIpc) is 3.52. The Balaban J connectivity index is 0.00000186. The Bertz CT molecular complexity index is 1220. The van der Waals surface area contributed by atoms with Gasteiger partial charge >= 0.3 is 6.03 Å². The van der Waals surface area contributed by atoms with Gasteiger partial charge in [0.15, 0.2) is 0 Å². The Morgan fingerprint density at radius 3 is 2.54 bits per heavy atom. The van der Waals surface area contributed by atoms with Crippen molar-refractivity contribution >= 4 is 34.9 Å². The highest BCUT2D eigenvalue weighted by atomic mass is 32.1. The molecule has 0 saturated carbocycles. The molecule has 3 N–H and O–H groups in total. The van der Waals surface area contributed by atoms with Gasteiger partial charge in [-0.2, -0.15) is 0 Å². The van der Waals surface area contributed by atoms with E-state index < -0.39 is 35.7 Å². The fourth-order valence-electron chi connectivity index (χ4n) is 3.79. The fourth-order valence-corrected chi connectivity index (χ4v) is 4.54. The molecular formula is C27H30FN3O5S. The van der Waals surface area contributed by atoms with E-state index in [9.17, 15) is 18.8 Å². The van der Waals surface area contributed by atoms with E-state index in [2.05, 4.69) is 10.6 Å². The van der Waals surface area contributed by atoms with Gasteiger partial charge in [-0.05, 0) is 53.8 Å². The van der Waals surface area contributed by atoms with Crippen molar-refractivity contribution in [1.29, 1.82) is 0 Å². The lowest BCUT2D eigenvalue weighted by atomic mass is 10.1. The van der Waals surface area contributed by atoms with Crippen LogP contribution >= 0.6 is 11.3 Å². The lowest BCUT2D eigenvalue weighted by Crippen LogP contribution is -2.49. The molecule has 1 aliphatic rings. The number of aryl methyl sites for hydroxylation is 1. The first-order valence-electron chi connectivity index (χ1n) is 11.9. The van der Waals surface area contributed by atoms with Crippen molar-refractivity contribution in [2.24, 2.45) is 0 Å². The van der Waals surface area contributed by atoms with Gasteiger partial charge in [-0.25, -0.2) is 14.1 Å². The van der Waals surface area contributed by atoms with Gasteiger partial charge in [-0.15, -0.1) is 11.3 Å². The van der Waals surface area contributed by atoms with Gasteiger partial charge < -0.3 is 20.5 Å². The largest absolute Gasteiger partial charge is 0.491 e. The predicted molar refractivity (Wildman–Crippen MR) is 140 cm³/mol. The second kappa shape index (κ2) is 13.0. The van der Waals surface area contributed by atoms with Crippen molar-refractivity contribution in [3.63, 3.8) is 0 Å². The van der Waals surface area contributed by atoms with Crippen molar-refractivity contribution in [1.82, 2.24) is 10.2 Å². The van der Waals surface area contributed by atoms with Crippen LogP contribution in [0.4, 0.5) is 14.9 Å². The molecule has 1 aliphatic heterocycles. The number of hydrogen-bond acceptors (Lipinski definition) is 6. The molecule has 1 saturated heterocycles. The van der Waals surface area contributed by atoms with E-state index in [1.807, 2.05) is 25.3 Å². The van der Waals surface area contributed by atoms with Crippen molar-refractivity contribution in [2.75, 3.05) is 18.5 Å². The summed E-state index contributed by atoms with van der Waals surface area (Å²) in [7, 11) is 0. The first kappa shape index (κ1) is 27.8. The van der Waals surface area contributed by atoms with Gasteiger partial charge in [-0.1, -0.05) is 38.1 Å². The summed E-state index contributed by atoms with van der Waals surface area (Å²) in [5.41, 5.74) is 1.18. The number of rotatable bonds is 9. The van der Waals surface area contributed by atoms with Gasteiger partial charge in [0, 0.05) is 11.3 Å². The normalized spacial score (nSPS) is 15.5. The minimum atomic E-state index is -1.18. The number of aliphatic hydroxyl groups excluding tert-OH is 1. The fraction of sp³-hybridized carbons (Fsp3) is 0.296. The van der Waals surface area contributed by atoms with Crippen LogP contribution in [0.1, 0.15) is 35.9 Å². The highest BCUT2D eigenvalue weighted by Crippen LogP contribution is 2.28. The molecule has 0 bridgehead atoms. The molecule has 1 fully saturated rings. The summed E-state index contributed by atoms with van der Waals surface area (Å²) in [6.07, 6.45) is 0.0940. The van der Waals surface area contributed by atoms with E-state index >= 15 is 0 Å². The van der Waals surface area contributed by atoms with Crippen LogP contribution in [-0.4, -0.2) is 47.1 Å². The number of carbonyl (C=O) groups excluding carboxylic acids is 3. The monoisotopic (exact) mass is 527 g/mol. The number of anilines is 1. The summed E-state index contributed by atoms with van der Waals surface area (Å²) in [6.45, 7) is 5.73. The molecule has 2 atom stereocenters. The van der Waals surface area contributed by atoms with Gasteiger partial charge in [0.05, 0.1) is 12.3 Å². The van der Waals surface area contributed by atoms with E-state index in [1.54, 1.807) is 43.3 Å². The molecule has 4 rings (SSSR count). The second-order valence-electron chi connectivity index (χ2n) is 8.00. The van der Waals surface area contributed by atoms with Crippen molar-refractivity contribution in [3.8, 4) is 5.75 Å². The molecule has 196 valence electrons. The third kappa shape index (κ3) is 6.72. The molecule has 3 aromatic rings. The van der Waals surface area contributed by atoms with Gasteiger partial charge in [0.2, 0.25) is 5.91 Å². The zero-order valence-electron chi connectivity index (χ0n) is 20.9. The topological polar surface area (TPSA) is 108 Å². The number of amides is 4. The maximum Gasteiger partial charge on any atom is 0.325 e. The Morgan fingerprint density at radius 1 is 1.19 bits per heavy atom. The lowest BCUT2D eigenvalue weighted by molar-refractivity contribution is -0.134. The Morgan fingerprint density at radius 2 is 1.92 bits per heavy atom. The summed E-state index contributed by atoms with van der Waals surface area (Å²) < 4.78 is 19.7. The molecule has 1 unspecified atom stereocenters. The number of urea groups is 1. The minimum absolute atomic E-state index is 0.0288. The number of hydrogen-bond donors (Lipinski definition) is 3. The third-order valence-electron chi connectivity index (χ3n) is 5.52. The summed E-state index contributed by atoms with van der Waals surface area (Å²) in [5.74, 6) is -1.35. The van der Waals surface area contributed by atoms with E-state index in [1.165, 1.54) is 23.5 Å². The molecule has 8 nitrogen and oxygen atoms in total. The maximum atomic E-state index is 14.4. The lowest BCUT2D eigenvalue weighted by Gasteiger charge is -2.24. The van der Waals surface area contributed by atoms with Crippen LogP contribution in [0.15, 0.2) is 60.0 Å². The van der Waals surface area contributed by atoms with Crippen LogP contribution in [0.5, 0.6) is 5.75 Å². The molecular weight excluding hydrogens is 497 g/mol. The van der Waals surface area contributed by atoms with Crippen molar-refractivity contribution in [2.45, 2.75) is 39.3 Å². The minimum Gasteiger partial charge on any atom is -0.491 e. The highest BCUT2D eigenvalue weighted by Gasteiger charge is 2.45. The summed E-state index contributed by atoms with van der Waals surface area (Å²) in [5, 5.41) is 15.9. The first-order chi connectivity index (χ1) is 17.9. The number of ether oxygens (including phenoxy) is 1. The highest BCUT2D eigenvalue weighted by molar-refractivity contribution is 7.09. The van der Waals surface area contributed by atoms with E-state index in [-0.39, 0.29) is 25.3 Å². The molecule has 1 aromatic heterocycles. The number of aliphatic hydroxyl groups is 1. The molecule has 4 amide bonds. The standard InChI is InChI=1S/C25H24FN3O5S.C2H6/c1-15-4-9-20(19(26)13-15)27-23(31)21(14-18-3-2-12-35-18)29-24(32)22(28-25(29)33)16-5-7-17(8-6-16)34-11-10-30;1-2/h2-9,12-13,21-22,30H,10-11,14H2,1H3,(H,27,31)(H,28,33);1-2H3/t21?,22-;/m1./s1. The number of nitrogens with zero attached hydrogens (tertiary/aromatic N) is 1. The van der Waals surface area contributed by atoms with Crippen molar-refractivity contribution < 1.29 is 28.6 Å². The Kier molecular flexibility index (Phi) is 9.76. The summed E-state index contributed by atoms with van der Waals surface area (Å²) in [4.78, 5) is 41.2. The zero-order chi connectivity index (χ0) is 26.9. The van der Waals surface area contributed by atoms with Crippen molar-refractivity contribution in [3.05, 3.63) is 81.8 Å². The SMILES string of the molecule is CC.Cc1ccc(NC(=O)C(Cc2cccs2)N2C(=O)N[C@H](c3ccc(OCCO)cc3)C2=O)c(F)c1. The van der Waals surface area contributed by atoms with Gasteiger partial charge in [-0.3, -0.25) is 9.59 Å². The van der Waals surface area contributed by atoms with Gasteiger partial charge in [0.25, 0.3) is 5.91 Å². The average molecular weight is 528 g/mol. The molecule has 0 radical (unpaired) electrons. The van der Waals surface area contributed by atoms with Crippen LogP contribution < -0.4 is 15.4 Å². The second-order valence-corrected chi connectivity index (χ2v) is 9.04. The summed E-state index contributed by atoms with van der Waals surface area (Å²) >= 11 is 1.39. The van der Waals surface area contributed by atoms with Crippen LogP contribution in [0.25, 0.3) is 0 Å². The zero-order valence-corrected chi connectivity index (χ0v) is 21.7. The molecule has 2 aromatic carbocycles. The number of imide groups is 1. The number of nitrogens with one attached hydrogen (secondary N) is 2.